The van der Waals surface area contributed by atoms with Gasteiger partial charge in [0, 0.05) is 6.42 Å². The fourth-order valence-electron chi connectivity index (χ4n) is 5.91. The molecule has 2 aliphatic carbocycles. The zero-order valence-corrected chi connectivity index (χ0v) is 20.8. The molecule has 190 valence electrons. The van der Waals surface area contributed by atoms with Gasteiger partial charge >= 0.3 is 11.9 Å². The molecule has 0 amide bonds. The van der Waals surface area contributed by atoms with E-state index in [4.69, 9.17) is 14.6 Å². The van der Waals surface area contributed by atoms with Gasteiger partial charge in [-0.1, -0.05) is 45.2 Å². The molecule has 5 atom stereocenters. The van der Waals surface area contributed by atoms with Crippen LogP contribution in [0.25, 0.3) is 0 Å². The van der Waals surface area contributed by atoms with E-state index in [1.807, 2.05) is 12.1 Å². The van der Waals surface area contributed by atoms with E-state index in [2.05, 4.69) is 19.9 Å². The molecule has 6 nitrogen and oxygen atoms in total. The van der Waals surface area contributed by atoms with Crippen LogP contribution in [0.5, 0.6) is 5.75 Å². The zero-order chi connectivity index (χ0) is 24.5. The van der Waals surface area contributed by atoms with Gasteiger partial charge < -0.3 is 19.7 Å². The highest BCUT2D eigenvalue weighted by molar-refractivity contribution is 5.69. The molecule has 0 aliphatic heterocycles. The van der Waals surface area contributed by atoms with Gasteiger partial charge in [-0.2, -0.15) is 0 Å². The van der Waals surface area contributed by atoms with Crippen LogP contribution in [-0.2, 0) is 27.2 Å². The highest BCUT2D eigenvalue weighted by Crippen LogP contribution is 2.48. The number of ether oxygens (including phenoxy) is 2. The van der Waals surface area contributed by atoms with Crippen LogP contribution in [0.2, 0.25) is 0 Å². The average Bonchev–Trinajstić information content (AvgIpc) is 3.12. The molecule has 0 bridgehead atoms. The molecule has 0 spiro atoms. The number of unbranched alkanes of at least 4 members (excludes halogenated alkanes) is 3. The van der Waals surface area contributed by atoms with Crippen LogP contribution in [-0.4, -0.2) is 41.0 Å². The molecule has 0 radical (unpaired) electrons. The van der Waals surface area contributed by atoms with Crippen LogP contribution in [0.1, 0.15) is 89.2 Å². The predicted molar refractivity (Wildman–Crippen MR) is 131 cm³/mol. The van der Waals surface area contributed by atoms with Crippen molar-refractivity contribution >= 4 is 11.9 Å². The summed E-state index contributed by atoms with van der Waals surface area (Å²) in [6, 6.07) is 5.87. The van der Waals surface area contributed by atoms with Crippen molar-refractivity contribution in [1.82, 2.24) is 0 Å². The van der Waals surface area contributed by atoms with Crippen molar-refractivity contribution in [3.63, 3.8) is 0 Å². The Hall–Kier alpha value is -2.08. The van der Waals surface area contributed by atoms with E-state index in [0.717, 1.165) is 76.2 Å². The van der Waals surface area contributed by atoms with Crippen LogP contribution in [0, 0.1) is 17.8 Å². The van der Waals surface area contributed by atoms with E-state index in [1.54, 1.807) is 0 Å². The number of carboxylic acid groups (broad SMARTS) is 1. The summed E-state index contributed by atoms with van der Waals surface area (Å²) in [5.41, 5.74) is 2.30. The molecule has 34 heavy (non-hydrogen) atoms. The molecule has 1 saturated carbocycles. The van der Waals surface area contributed by atoms with Gasteiger partial charge in [-0.15, -0.1) is 0 Å². The molecule has 2 N–H and O–H groups in total. The lowest BCUT2D eigenvalue weighted by atomic mass is 9.73. The molecule has 6 heteroatoms. The molecule has 1 aromatic rings. The number of fused-ring (bicyclic) bond motifs is 2. The van der Waals surface area contributed by atoms with E-state index >= 15 is 0 Å². The Morgan fingerprint density at radius 3 is 2.62 bits per heavy atom. The van der Waals surface area contributed by atoms with Gasteiger partial charge in [0.2, 0.25) is 0 Å². The number of benzene rings is 1. The van der Waals surface area contributed by atoms with Crippen molar-refractivity contribution < 1.29 is 29.3 Å². The Morgan fingerprint density at radius 2 is 1.88 bits per heavy atom. The molecule has 0 unspecified atom stereocenters. The standard InChI is InChI=1S/C28H42O6/c1-3-5-7-10-21(34-28(32)12-6-4-2)13-14-22-23-15-19-9-8-11-26(33-18-27(30)31)24(19)16-20(23)17-25(22)29/h8-9,11,20-23,25,29H,3-7,10,12-18H2,1-2H3,(H,30,31)/t20-,21-,22+,23-,25+/m0/s1. The topological polar surface area (TPSA) is 93.1 Å². The highest BCUT2D eigenvalue weighted by Gasteiger charge is 2.45. The minimum absolute atomic E-state index is 0.0611. The Balaban J connectivity index is 1.63. The van der Waals surface area contributed by atoms with Gasteiger partial charge in [0.05, 0.1) is 6.10 Å². The minimum atomic E-state index is -0.980. The maximum absolute atomic E-state index is 12.3. The fourth-order valence-corrected chi connectivity index (χ4v) is 5.91. The van der Waals surface area contributed by atoms with E-state index in [1.165, 1.54) is 5.56 Å². The summed E-state index contributed by atoms with van der Waals surface area (Å²) in [5.74, 6) is 0.549. The van der Waals surface area contributed by atoms with Gasteiger partial charge in [0.1, 0.15) is 11.9 Å². The first-order valence-corrected chi connectivity index (χ1v) is 13.3. The molecule has 1 fully saturated rings. The summed E-state index contributed by atoms with van der Waals surface area (Å²) in [5, 5.41) is 19.9. The molecular formula is C28H42O6. The fraction of sp³-hybridized carbons (Fsp3) is 0.714. The van der Waals surface area contributed by atoms with E-state index in [0.29, 0.717) is 24.0 Å². The van der Waals surface area contributed by atoms with Gasteiger partial charge in [-0.25, -0.2) is 4.79 Å². The number of carbonyl (C=O) groups excluding carboxylic acids is 1. The molecule has 2 aliphatic rings. The summed E-state index contributed by atoms with van der Waals surface area (Å²) >= 11 is 0. The van der Waals surface area contributed by atoms with Crippen LogP contribution in [0.3, 0.4) is 0 Å². The average molecular weight is 475 g/mol. The number of rotatable bonds is 14. The lowest BCUT2D eigenvalue weighted by Crippen LogP contribution is -2.29. The van der Waals surface area contributed by atoms with E-state index < -0.39 is 5.97 Å². The van der Waals surface area contributed by atoms with Gasteiger partial charge in [-0.3, -0.25) is 4.79 Å². The van der Waals surface area contributed by atoms with Crippen molar-refractivity contribution in [3.05, 3.63) is 29.3 Å². The summed E-state index contributed by atoms with van der Waals surface area (Å²) < 4.78 is 11.4. The summed E-state index contributed by atoms with van der Waals surface area (Å²) in [7, 11) is 0. The van der Waals surface area contributed by atoms with E-state index in [9.17, 15) is 14.7 Å². The smallest absolute Gasteiger partial charge is 0.341 e. The highest BCUT2D eigenvalue weighted by atomic mass is 16.5. The van der Waals surface area contributed by atoms with E-state index in [-0.39, 0.29) is 30.7 Å². The number of carboxylic acids is 1. The second kappa shape index (κ2) is 13.1. The van der Waals surface area contributed by atoms with Gasteiger partial charge in [-0.05, 0) is 86.3 Å². The monoisotopic (exact) mass is 474 g/mol. The Labute approximate surface area is 204 Å². The van der Waals surface area contributed by atoms with Crippen molar-refractivity contribution in [3.8, 4) is 5.75 Å². The lowest BCUT2D eigenvalue weighted by molar-refractivity contribution is -0.150. The molecule has 0 aromatic heterocycles. The summed E-state index contributed by atoms with van der Waals surface area (Å²) in [4.78, 5) is 23.2. The Kier molecular flexibility index (Phi) is 10.2. The third-order valence-electron chi connectivity index (χ3n) is 7.68. The lowest BCUT2D eigenvalue weighted by Gasteiger charge is -2.32. The molecule has 0 saturated heterocycles. The largest absolute Gasteiger partial charge is 0.482 e. The van der Waals surface area contributed by atoms with Crippen molar-refractivity contribution in [1.29, 1.82) is 0 Å². The van der Waals surface area contributed by atoms with Gasteiger partial charge in [0.25, 0.3) is 0 Å². The number of aliphatic hydroxyl groups is 1. The number of aliphatic hydroxyl groups excluding tert-OH is 1. The molecule has 3 rings (SSSR count). The maximum atomic E-state index is 12.3. The second-order valence-corrected chi connectivity index (χ2v) is 10.2. The van der Waals surface area contributed by atoms with Crippen LogP contribution < -0.4 is 4.74 Å². The Morgan fingerprint density at radius 1 is 1.09 bits per heavy atom. The third-order valence-corrected chi connectivity index (χ3v) is 7.68. The number of esters is 1. The molecular weight excluding hydrogens is 432 g/mol. The van der Waals surface area contributed by atoms with Crippen LogP contribution >= 0.6 is 0 Å². The first-order chi connectivity index (χ1) is 16.4. The zero-order valence-electron chi connectivity index (χ0n) is 20.8. The number of hydrogen-bond acceptors (Lipinski definition) is 5. The van der Waals surface area contributed by atoms with Crippen LogP contribution in [0.15, 0.2) is 18.2 Å². The molecule has 0 heterocycles. The number of carbonyl (C=O) groups is 2. The van der Waals surface area contributed by atoms with Crippen LogP contribution in [0.4, 0.5) is 0 Å². The minimum Gasteiger partial charge on any atom is -0.482 e. The van der Waals surface area contributed by atoms with Crippen molar-refractivity contribution in [2.45, 2.75) is 103 Å². The predicted octanol–water partition coefficient (Wildman–Crippen LogP) is 5.32. The first kappa shape index (κ1) is 26.5. The number of hydrogen-bond donors (Lipinski definition) is 2. The SMILES string of the molecule is CCCCC[C@@H](CC[C@@H]1[C@H]2Cc3cccc(OCC(=O)O)c3C[C@H]2C[C@H]1O)OC(=O)CCCC. The van der Waals surface area contributed by atoms with Crippen molar-refractivity contribution in [2.75, 3.05) is 6.61 Å². The van der Waals surface area contributed by atoms with Crippen molar-refractivity contribution in [2.24, 2.45) is 17.8 Å². The normalized spacial score (nSPS) is 24.2. The maximum Gasteiger partial charge on any atom is 0.341 e. The third kappa shape index (κ3) is 7.21. The quantitative estimate of drug-likeness (QED) is 0.280. The Bertz CT molecular complexity index is 806. The number of aliphatic carboxylic acids is 1. The summed E-state index contributed by atoms with van der Waals surface area (Å²) in [6.07, 6.45) is 10.3. The molecule has 1 aromatic carbocycles. The van der Waals surface area contributed by atoms with Gasteiger partial charge in [0.15, 0.2) is 6.61 Å². The second-order valence-electron chi connectivity index (χ2n) is 10.2. The summed E-state index contributed by atoms with van der Waals surface area (Å²) in [6.45, 7) is 3.91. The first-order valence-electron chi connectivity index (χ1n) is 13.3.